The molecule has 0 bridgehead atoms. The van der Waals surface area contributed by atoms with Crippen molar-refractivity contribution in [3.63, 3.8) is 0 Å². The normalized spacial score (nSPS) is 22.8. The fourth-order valence-electron chi connectivity index (χ4n) is 3.58. The number of carbonyl (C=O) groups is 2. The maximum Gasteiger partial charge on any atom is 0.225 e. The second-order valence-electron chi connectivity index (χ2n) is 7.29. The van der Waals surface area contributed by atoms with Crippen LogP contribution in [0.5, 0.6) is 0 Å². The van der Waals surface area contributed by atoms with Crippen LogP contribution >= 0.6 is 0 Å². The first-order valence-electron chi connectivity index (χ1n) is 9.37. The number of piperidine rings is 1. The molecule has 0 aliphatic carbocycles. The van der Waals surface area contributed by atoms with Crippen molar-refractivity contribution < 1.29 is 9.59 Å². The van der Waals surface area contributed by atoms with Gasteiger partial charge in [-0.1, -0.05) is 12.8 Å². The van der Waals surface area contributed by atoms with Gasteiger partial charge in [-0.2, -0.15) is 0 Å². The van der Waals surface area contributed by atoms with Crippen molar-refractivity contribution >= 4 is 11.8 Å². The molecule has 1 N–H and O–H groups in total. The lowest BCUT2D eigenvalue weighted by molar-refractivity contribution is -0.129. The minimum Gasteiger partial charge on any atom is -0.356 e. The van der Waals surface area contributed by atoms with E-state index in [0.29, 0.717) is 13.0 Å². The third kappa shape index (κ3) is 5.79. The molecule has 1 atom stereocenters. The van der Waals surface area contributed by atoms with Crippen LogP contribution in [0.15, 0.2) is 0 Å². The molecule has 0 saturated carbocycles. The van der Waals surface area contributed by atoms with E-state index in [1.807, 2.05) is 18.7 Å². The van der Waals surface area contributed by atoms with E-state index in [1.54, 1.807) is 0 Å². The number of hydrogen-bond acceptors (Lipinski definition) is 3. The van der Waals surface area contributed by atoms with Crippen LogP contribution in [0.1, 0.15) is 58.8 Å². The Bertz CT molecular complexity index is 392. The number of unbranched alkanes of at least 4 members (excludes halogenated alkanes) is 2. The topological polar surface area (TPSA) is 52.7 Å². The zero-order valence-corrected chi connectivity index (χ0v) is 14.9. The minimum absolute atomic E-state index is 0.0533. The number of carbonyl (C=O) groups excluding carboxylic acids is 2. The molecule has 2 aliphatic rings. The monoisotopic (exact) mass is 323 g/mol. The molecule has 2 heterocycles. The Kier molecular flexibility index (Phi) is 7.34. The van der Waals surface area contributed by atoms with Crippen molar-refractivity contribution in [2.75, 3.05) is 32.7 Å². The molecule has 132 valence electrons. The summed E-state index contributed by atoms with van der Waals surface area (Å²) in [5.41, 5.74) is 0. The van der Waals surface area contributed by atoms with Gasteiger partial charge in [-0.15, -0.1) is 0 Å². The maximum absolute atomic E-state index is 12.1. The fraction of sp³-hybridized carbons (Fsp3) is 0.889. The molecular formula is C18H33N3O2. The molecule has 2 fully saturated rings. The summed E-state index contributed by atoms with van der Waals surface area (Å²) in [5, 5.41) is 3.01. The maximum atomic E-state index is 12.1. The number of nitrogens with one attached hydrogen (secondary N) is 1. The highest BCUT2D eigenvalue weighted by atomic mass is 16.2. The Labute approximate surface area is 140 Å². The Morgan fingerprint density at radius 3 is 2.57 bits per heavy atom. The number of likely N-dealkylation sites (tertiary alicyclic amines) is 2. The lowest BCUT2D eigenvalue weighted by Gasteiger charge is -2.26. The van der Waals surface area contributed by atoms with Gasteiger partial charge < -0.3 is 15.1 Å². The molecule has 23 heavy (non-hydrogen) atoms. The molecule has 2 saturated heterocycles. The van der Waals surface area contributed by atoms with Crippen LogP contribution in [-0.2, 0) is 9.59 Å². The molecule has 0 aromatic rings. The first-order chi connectivity index (χ1) is 11.1. The third-order valence-electron chi connectivity index (χ3n) is 5.05. The Morgan fingerprint density at radius 2 is 1.91 bits per heavy atom. The van der Waals surface area contributed by atoms with E-state index in [2.05, 4.69) is 10.2 Å². The average molecular weight is 323 g/mol. The molecule has 0 unspecified atom stereocenters. The van der Waals surface area contributed by atoms with Gasteiger partial charge in [0.15, 0.2) is 0 Å². The molecule has 0 radical (unpaired) electrons. The van der Waals surface area contributed by atoms with Crippen LogP contribution in [0.2, 0.25) is 0 Å². The summed E-state index contributed by atoms with van der Waals surface area (Å²) in [6, 6.07) is 0.190. The second-order valence-corrected chi connectivity index (χ2v) is 7.29. The fourth-order valence-corrected chi connectivity index (χ4v) is 3.58. The van der Waals surface area contributed by atoms with Gasteiger partial charge in [0.05, 0.1) is 5.92 Å². The van der Waals surface area contributed by atoms with Crippen molar-refractivity contribution in [3.05, 3.63) is 0 Å². The Balaban J connectivity index is 1.52. The van der Waals surface area contributed by atoms with Crippen molar-refractivity contribution in [2.45, 2.75) is 64.8 Å². The number of nitrogens with zero attached hydrogens (tertiary/aromatic N) is 2. The molecule has 0 aromatic heterocycles. The van der Waals surface area contributed by atoms with E-state index >= 15 is 0 Å². The van der Waals surface area contributed by atoms with Gasteiger partial charge in [-0.3, -0.25) is 9.59 Å². The van der Waals surface area contributed by atoms with Crippen molar-refractivity contribution in [1.29, 1.82) is 0 Å². The zero-order valence-electron chi connectivity index (χ0n) is 14.9. The molecule has 0 aromatic carbocycles. The summed E-state index contributed by atoms with van der Waals surface area (Å²) in [4.78, 5) is 28.3. The number of amides is 2. The van der Waals surface area contributed by atoms with E-state index in [4.69, 9.17) is 0 Å². The number of rotatable bonds is 8. The van der Waals surface area contributed by atoms with Gasteiger partial charge in [0.2, 0.25) is 11.8 Å². The lowest BCUT2D eigenvalue weighted by atomic mass is 10.1. The predicted molar refractivity (Wildman–Crippen MR) is 92.1 cm³/mol. The first-order valence-corrected chi connectivity index (χ1v) is 9.37. The van der Waals surface area contributed by atoms with E-state index in [0.717, 1.165) is 13.0 Å². The Hall–Kier alpha value is -1.10. The van der Waals surface area contributed by atoms with Gasteiger partial charge >= 0.3 is 0 Å². The predicted octanol–water partition coefficient (Wildman–Crippen LogP) is 2.02. The van der Waals surface area contributed by atoms with Crippen LogP contribution in [0.4, 0.5) is 0 Å². The highest BCUT2D eigenvalue weighted by molar-refractivity contribution is 5.89. The minimum atomic E-state index is -0.154. The van der Waals surface area contributed by atoms with Gasteiger partial charge in [-0.25, -0.2) is 0 Å². The van der Waals surface area contributed by atoms with E-state index < -0.39 is 0 Å². The van der Waals surface area contributed by atoms with Crippen LogP contribution in [-0.4, -0.2) is 60.4 Å². The largest absolute Gasteiger partial charge is 0.356 e. The average Bonchev–Trinajstić information content (AvgIpc) is 2.94. The second kappa shape index (κ2) is 9.26. The molecule has 2 amide bonds. The molecule has 0 spiro atoms. The molecular weight excluding hydrogens is 290 g/mol. The summed E-state index contributed by atoms with van der Waals surface area (Å²) >= 11 is 0. The quantitative estimate of drug-likeness (QED) is 0.695. The zero-order chi connectivity index (χ0) is 16.7. The highest BCUT2D eigenvalue weighted by Crippen LogP contribution is 2.20. The van der Waals surface area contributed by atoms with Crippen LogP contribution in [0.25, 0.3) is 0 Å². The standard InChI is InChI=1S/C18H33N3O2/c1-15(2)21-14-16(13-17(21)22)18(23)19-9-5-3-6-10-20-11-7-4-8-12-20/h15-16H,3-14H2,1-2H3,(H,19,23)/t16-/m0/s1. The van der Waals surface area contributed by atoms with E-state index in [1.165, 1.54) is 51.7 Å². The van der Waals surface area contributed by atoms with Crippen molar-refractivity contribution in [2.24, 2.45) is 5.92 Å². The van der Waals surface area contributed by atoms with Gasteiger partial charge in [0.1, 0.15) is 0 Å². The van der Waals surface area contributed by atoms with Crippen molar-refractivity contribution in [1.82, 2.24) is 15.1 Å². The summed E-state index contributed by atoms with van der Waals surface area (Å²) in [5.74, 6) is 0.0115. The third-order valence-corrected chi connectivity index (χ3v) is 5.05. The summed E-state index contributed by atoms with van der Waals surface area (Å²) in [6.07, 6.45) is 7.89. The van der Waals surface area contributed by atoms with Crippen LogP contribution < -0.4 is 5.32 Å². The lowest BCUT2D eigenvalue weighted by Crippen LogP contribution is -2.35. The van der Waals surface area contributed by atoms with Gasteiger partial charge in [0.25, 0.3) is 0 Å². The molecule has 5 nitrogen and oxygen atoms in total. The molecule has 5 heteroatoms. The van der Waals surface area contributed by atoms with Crippen LogP contribution in [0, 0.1) is 5.92 Å². The van der Waals surface area contributed by atoms with Gasteiger partial charge in [0, 0.05) is 25.6 Å². The molecule has 2 aliphatic heterocycles. The summed E-state index contributed by atoms with van der Waals surface area (Å²) in [6.45, 7) is 9.05. The first kappa shape index (κ1) is 18.2. The highest BCUT2D eigenvalue weighted by Gasteiger charge is 2.35. The molecule has 2 rings (SSSR count). The van der Waals surface area contributed by atoms with Crippen LogP contribution in [0.3, 0.4) is 0 Å². The van der Waals surface area contributed by atoms with Gasteiger partial charge in [-0.05, 0) is 59.2 Å². The Morgan fingerprint density at radius 1 is 1.17 bits per heavy atom. The van der Waals surface area contributed by atoms with Crippen molar-refractivity contribution in [3.8, 4) is 0 Å². The summed E-state index contributed by atoms with van der Waals surface area (Å²) < 4.78 is 0. The smallest absolute Gasteiger partial charge is 0.225 e. The van der Waals surface area contributed by atoms with E-state index in [-0.39, 0.29) is 23.8 Å². The SMILES string of the molecule is CC(C)N1C[C@@H](C(=O)NCCCCCN2CCCCC2)CC1=O. The summed E-state index contributed by atoms with van der Waals surface area (Å²) in [7, 11) is 0. The number of hydrogen-bond donors (Lipinski definition) is 1. The van der Waals surface area contributed by atoms with E-state index in [9.17, 15) is 9.59 Å².